The van der Waals surface area contributed by atoms with Gasteiger partial charge in [-0.15, -0.1) is 11.8 Å². The third-order valence-electron chi connectivity index (χ3n) is 7.13. The number of hydrogen-bond acceptors (Lipinski definition) is 4. The molecule has 1 aromatic rings. The van der Waals surface area contributed by atoms with Crippen LogP contribution in [0.15, 0.2) is 33.6 Å². The van der Waals surface area contributed by atoms with Crippen LogP contribution in [0.25, 0.3) is 6.08 Å². The molecule has 1 saturated carbocycles. The lowest BCUT2D eigenvalue weighted by Crippen LogP contribution is -2.54. The van der Waals surface area contributed by atoms with Gasteiger partial charge in [0.15, 0.2) is 0 Å². The number of hydrogen-bond donors (Lipinski definition) is 1. The number of nitrogens with one attached hydrogen (secondary N) is 1. The van der Waals surface area contributed by atoms with Gasteiger partial charge in [-0.25, -0.2) is 0 Å². The normalized spacial score (nSPS) is 25.8. The molecule has 0 radical (unpaired) electrons. The Balaban J connectivity index is 1.34. The highest BCUT2D eigenvalue weighted by atomic mass is 79.9. The van der Waals surface area contributed by atoms with Crippen molar-refractivity contribution in [2.45, 2.75) is 63.2 Å². The van der Waals surface area contributed by atoms with Gasteiger partial charge in [0, 0.05) is 22.3 Å². The summed E-state index contributed by atoms with van der Waals surface area (Å²) in [5.41, 5.74) is 1.01. The number of nitrogens with zero attached hydrogens (tertiary/aromatic N) is 2. The van der Waals surface area contributed by atoms with Gasteiger partial charge in [0.2, 0.25) is 5.91 Å². The van der Waals surface area contributed by atoms with Gasteiger partial charge >= 0.3 is 0 Å². The minimum absolute atomic E-state index is 0.000659. The van der Waals surface area contributed by atoms with Crippen molar-refractivity contribution in [3.63, 3.8) is 0 Å². The molecule has 3 aliphatic rings. The predicted octanol–water partition coefficient (Wildman–Crippen LogP) is 4.91. The number of amides is 2. The average molecular weight is 535 g/mol. The first-order valence-electron chi connectivity index (χ1n) is 12.4. The van der Waals surface area contributed by atoms with E-state index in [1.807, 2.05) is 35.2 Å². The summed E-state index contributed by atoms with van der Waals surface area (Å²) in [6.07, 6.45) is 9.92. The van der Waals surface area contributed by atoms with E-state index < -0.39 is 0 Å². The zero-order valence-electron chi connectivity index (χ0n) is 19.6. The number of thioether (sulfide) groups is 1. The lowest BCUT2D eigenvalue weighted by atomic mass is 9.93. The number of piperidine rings is 1. The Kier molecular flexibility index (Phi) is 8.94. The van der Waals surface area contributed by atoms with E-state index in [1.54, 1.807) is 11.8 Å². The fourth-order valence-corrected chi connectivity index (χ4v) is 7.03. The number of carbonyl (C=O) groups is 2. The average Bonchev–Trinajstić information content (AvgIpc) is 2.81. The highest BCUT2D eigenvalue weighted by Gasteiger charge is 2.41. The van der Waals surface area contributed by atoms with Gasteiger partial charge in [-0.2, -0.15) is 0 Å². The summed E-state index contributed by atoms with van der Waals surface area (Å²) < 4.78 is 0.996. The Morgan fingerprint density at radius 1 is 1.21 bits per heavy atom. The minimum atomic E-state index is -0.0337. The molecule has 1 N–H and O–H groups in total. The first-order valence-corrected chi connectivity index (χ1v) is 14.1. The van der Waals surface area contributed by atoms with Gasteiger partial charge in [0.1, 0.15) is 6.54 Å². The monoisotopic (exact) mass is 533 g/mol. The first-order chi connectivity index (χ1) is 16.0. The van der Waals surface area contributed by atoms with Crippen molar-refractivity contribution in [3.8, 4) is 0 Å². The molecule has 1 aliphatic carbocycles. The largest absolute Gasteiger partial charge is 0.355 e. The summed E-state index contributed by atoms with van der Waals surface area (Å²) >= 11 is 5.22. The fraction of sp³-hybridized carbons (Fsp3) is 0.615. The van der Waals surface area contributed by atoms with Crippen LogP contribution in [0, 0.1) is 5.92 Å². The fourth-order valence-electron chi connectivity index (χ4n) is 5.14. The van der Waals surface area contributed by atoms with Gasteiger partial charge in [-0.1, -0.05) is 47.8 Å². The van der Waals surface area contributed by atoms with Crippen molar-refractivity contribution in [2.75, 3.05) is 32.7 Å². The van der Waals surface area contributed by atoms with E-state index in [-0.39, 0.29) is 24.4 Å². The maximum Gasteiger partial charge on any atom is 0.261 e. The van der Waals surface area contributed by atoms with E-state index in [0.29, 0.717) is 11.8 Å². The molecule has 2 saturated heterocycles. The van der Waals surface area contributed by atoms with Crippen LogP contribution in [0.5, 0.6) is 0 Å². The van der Waals surface area contributed by atoms with Crippen LogP contribution in [0.3, 0.4) is 0 Å². The number of halogens is 1. The molecule has 1 aromatic carbocycles. The Hall–Kier alpha value is -1.31. The van der Waals surface area contributed by atoms with Gasteiger partial charge in [0.05, 0.1) is 4.91 Å². The van der Waals surface area contributed by atoms with E-state index in [1.165, 1.54) is 32.4 Å². The molecule has 33 heavy (non-hydrogen) atoms. The predicted molar refractivity (Wildman–Crippen MR) is 140 cm³/mol. The van der Waals surface area contributed by atoms with Gasteiger partial charge in [-0.3, -0.25) is 9.59 Å². The van der Waals surface area contributed by atoms with Gasteiger partial charge in [0.25, 0.3) is 5.91 Å². The molecule has 2 amide bonds. The van der Waals surface area contributed by atoms with Gasteiger partial charge in [-0.05, 0) is 81.4 Å². The van der Waals surface area contributed by atoms with E-state index in [4.69, 9.17) is 0 Å². The van der Waals surface area contributed by atoms with Crippen LogP contribution in [0.1, 0.15) is 57.4 Å². The summed E-state index contributed by atoms with van der Waals surface area (Å²) in [5.74, 6) is 0.807. The molecule has 180 valence electrons. The maximum atomic E-state index is 13.4. The Bertz CT molecular complexity index is 869. The lowest BCUT2D eigenvalue weighted by molar-refractivity contribution is -0.135. The van der Waals surface area contributed by atoms with Crippen LogP contribution in [0.2, 0.25) is 0 Å². The van der Waals surface area contributed by atoms with Crippen molar-refractivity contribution in [3.05, 3.63) is 39.2 Å². The van der Waals surface area contributed by atoms with Crippen LogP contribution >= 0.6 is 27.7 Å². The first kappa shape index (κ1) is 24.8. The van der Waals surface area contributed by atoms with E-state index in [2.05, 4.69) is 33.1 Å². The summed E-state index contributed by atoms with van der Waals surface area (Å²) in [5, 5.41) is 3.45. The molecule has 3 fully saturated rings. The standard InChI is InChI=1S/C26H36BrN3O2S/c1-19-10-14-29(15-11-19)13-5-12-28-25(31)18-30-22-8-2-3-9-23(22)33-24(26(30)32)17-20-6-4-7-21(27)16-20/h4,6-7,16-17,19,22-23H,2-3,5,8-15,18H2,1H3,(H,28,31)/b24-17+. The summed E-state index contributed by atoms with van der Waals surface area (Å²) in [4.78, 5) is 31.3. The molecule has 0 bridgehead atoms. The Labute approximate surface area is 210 Å². The van der Waals surface area contributed by atoms with Crippen LogP contribution in [-0.4, -0.2) is 65.6 Å². The van der Waals surface area contributed by atoms with E-state index in [0.717, 1.165) is 53.1 Å². The molecule has 2 heterocycles. The molecule has 2 atom stereocenters. The van der Waals surface area contributed by atoms with Crippen molar-refractivity contribution in [1.82, 2.24) is 15.1 Å². The molecular formula is C26H36BrN3O2S. The Morgan fingerprint density at radius 3 is 2.79 bits per heavy atom. The third kappa shape index (κ3) is 6.86. The molecule has 5 nitrogen and oxygen atoms in total. The molecule has 0 spiro atoms. The van der Waals surface area contributed by atoms with Crippen molar-refractivity contribution in [1.29, 1.82) is 0 Å². The second kappa shape index (κ2) is 11.9. The third-order valence-corrected chi connectivity index (χ3v) is 9.02. The highest BCUT2D eigenvalue weighted by molar-refractivity contribution is 9.10. The van der Waals surface area contributed by atoms with Crippen LogP contribution < -0.4 is 5.32 Å². The minimum Gasteiger partial charge on any atom is -0.355 e. The molecule has 0 aromatic heterocycles. The van der Waals surface area contributed by atoms with Crippen molar-refractivity contribution < 1.29 is 9.59 Å². The smallest absolute Gasteiger partial charge is 0.261 e. The Morgan fingerprint density at radius 2 is 2.00 bits per heavy atom. The number of fused-ring (bicyclic) bond motifs is 1. The highest BCUT2D eigenvalue weighted by Crippen LogP contribution is 2.42. The van der Waals surface area contributed by atoms with Crippen molar-refractivity contribution >= 4 is 45.6 Å². The zero-order valence-corrected chi connectivity index (χ0v) is 22.0. The summed E-state index contributed by atoms with van der Waals surface area (Å²) in [6.45, 7) is 6.55. The number of likely N-dealkylation sites (tertiary alicyclic amines) is 1. The molecule has 2 aliphatic heterocycles. The molecular weight excluding hydrogens is 498 g/mol. The lowest BCUT2D eigenvalue weighted by Gasteiger charge is -2.43. The van der Waals surface area contributed by atoms with Crippen LogP contribution in [0.4, 0.5) is 0 Å². The number of benzene rings is 1. The van der Waals surface area contributed by atoms with Gasteiger partial charge < -0.3 is 15.1 Å². The quantitative estimate of drug-likeness (QED) is 0.399. The summed E-state index contributed by atoms with van der Waals surface area (Å²) in [7, 11) is 0. The van der Waals surface area contributed by atoms with Crippen molar-refractivity contribution in [2.24, 2.45) is 5.92 Å². The summed E-state index contributed by atoms with van der Waals surface area (Å²) in [6, 6.07) is 8.16. The van der Waals surface area contributed by atoms with E-state index in [9.17, 15) is 9.59 Å². The second-order valence-electron chi connectivity index (χ2n) is 9.73. The zero-order chi connectivity index (χ0) is 23.2. The second-order valence-corrected chi connectivity index (χ2v) is 11.9. The number of rotatable bonds is 7. The molecule has 7 heteroatoms. The van der Waals surface area contributed by atoms with Crippen LogP contribution in [-0.2, 0) is 9.59 Å². The molecule has 4 rings (SSSR count). The van der Waals surface area contributed by atoms with E-state index >= 15 is 0 Å². The molecule has 2 unspecified atom stereocenters. The number of carbonyl (C=O) groups excluding carboxylic acids is 2. The maximum absolute atomic E-state index is 13.4. The SMILES string of the molecule is CC1CCN(CCCNC(=O)CN2C(=O)/C(=C\c3cccc(Br)c3)SC3CCCCC32)CC1. The topological polar surface area (TPSA) is 52.7 Å².